The van der Waals surface area contributed by atoms with Crippen LogP contribution >= 0.6 is 0 Å². The predicted molar refractivity (Wildman–Crippen MR) is 84.7 cm³/mol. The first kappa shape index (κ1) is 14.7. The third-order valence-corrected chi connectivity index (χ3v) is 3.18. The lowest BCUT2D eigenvalue weighted by atomic mass is 10.2. The molecule has 1 N–H and O–H groups in total. The Hall–Kier alpha value is -3.22. The van der Waals surface area contributed by atoms with E-state index < -0.39 is 0 Å². The van der Waals surface area contributed by atoms with Crippen molar-refractivity contribution in [1.82, 2.24) is 20.2 Å². The van der Waals surface area contributed by atoms with Crippen molar-refractivity contribution in [3.05, 3.63) is 60.4 Å². The van der Waals surface area contributed by atoms with Crippen molar-refractivity contribution in [1.29, 1.82) is 0 Å². The van der Waals surface area contributed by atoms with Crippen molar-refractivity contribution < 1.29 is 9.53 Å². The molecule has 3 aromatic rings. The summed E-state index contributed by atoms with van der Waals surface area (Å²) in [5.41, 5.74) is 1.96. The Labute approximate surface area is 132 Å². The van der Waals surface area contributed by atoms with Crippen LogP contribution in [0.4, 0.5) is 5.69 Å². The second-order valence-corrected chi connectivity index (χ2v) is 4.68. The number of nitrogens with zero attached hydrogens (tertiary/aromatic N) is 4. The van der Waals surface area contributed by atoms with E-state index in [1.807, 2.05) is 25.1 Å². The quantitative estimate of drug-likeness (QED) is 0.782. The Kier molecular flexibility index (Phi) is 4.28. The monoisotopic (exact) mass is 309 g/mol. The highest BCUT2D eigenvalue weighted by atomic mass is 16.5. The smallest absolute Gasteiger partial charge is 0.255 e. The molecular formula is C16H15N5O2. The molecule has 1 amide bonds. The normalized spacial score (nSPS) is 10.3. The molecule has 0 unspecified atom stereocenters. The van der Waals surface area contributed by atoms with Gasteiger partial charge in [0.25, 0.3) is 5.91 Å². The fourth-order valence-corrected chi connectivity index (χ4v) is 2.09. The molecule has 7 nitrogen and oxygen atoms in total. The fourth-order valence-electron chi connectivity index (χ4n) is 2.09. The largest absolute Gasteiger partial charge is 0.492 e. The molecule has 0 saturated carbocycles. The van der Waals surface area contributed by atoms with E-state index in [-0.39, 0.29) is 5.91 Å². The van der Waals surface area contributed by atoms with Crippen molar-refractivity contribution in [3.8, 4) is 11.4 Å². The summed E-state index contributed by atoms with van der Waals surface area (Å²) in [4.78, 5) is 12.4. The maximum atomic E-state index is 12.4. The lowest BCUT2D eigenvalue weighted by Gasteiger charge is -2.11. The summed E-state index contributed by atoms with van der Waals surface area (Å²) in [6.45, 7) is 2.43. The molecule has 0 bridgehead atoms. The Morgan fingerprint density at radius 2 is 1.96 bits per heavy atom. The zero-order chi connectivity index (χ0) is 16.1. The van der Waals surface area contributed by atoms with Crippen LogP contribution < -0.4 is 10.1 Å². The van der Waals surface area contributed by atoms with Crippen molar-refractivity contribution in [2.24, 2.45) is 0 Å². The van der Waals surface area contributed by atoms with E-state index in [0.717, 1.165) is 5.69 Å². The van der Waals surface area contributed by atoms with Gasteiger partial charge >= 0.3 is 0 Å². The standard InChI is InChI=1S/C16H15N5O2/c1-2-23-15-6-4-3-5-14(15)18-16(22)12-7-9-13(10-8-12)21-11-17-19-20-21/h3-11H,2H2,1H3,(H,18,22). The van der Waals surface area contributed by atoms with Gasteiger partial charge in [0.2, 0.25) is 0 Å². The van der Waals surface area contributed by atoms with Crippen molar-refractivity contribution in [2.75, 3.05) is 11.9 Å². The highest BCUT2D eigenvalue weighted by Crippen LogP contribution is 2.24. The molecule has 2 aromatic carbocycles. The number of carbonyl (C=O) groups excluding carboxylic acids is 1. The average Bonchev–Trinajstić information content (AvgIpc) is 3.11. The topological polar surface area (TPSA) is 81.9 Å². The van der Waals surface area contributed by atoms with Gasteiger partial charge in [-0.2, -0.15) is 0 Å². The van der Waals surface area contributed by atoms with Crippen LogP contribution in [0.2, 0.25) is 0 Å². The highest BCUT2D eigenvalue weighted by Gasteiger charge is 2.10. The van der Waals surface area contributed by atoms with Gasteiger partial charge in [0.05, 0.1) is 18.0 Å². The van der Waals surface area contributed by atoms with E-state index >= 15 is 0 Å². The number of hydrogen-bond donors (Lipinski definition) is 1. The minimum atomic E-state index is -0.208. The molecule has 0 spiro atoms. The summed E-state index contributed by atoms with van der Waals surface area (Å²) in [5.74, 6) is 0.439. The van der Waals surface area contributed by atoms with E-state index in [1.165, 1.54) is 11.0 Å². The zero-order valence-corrected chi connectivity index (χ0v) is 12.5. The summed E-state index contributed by atoms with van der Waals surface area (Å²) in [6.07, 6.45) is 1.49. The number of amides is 1. The molecule has 3 rings (SSSR count). The maximum Gasteiger partial charge on any atom is 0.255 e. The summed E-state index contributed by atoms with van der Waals surface area (Å²) in [6, 6.07) is 14.3. The van der Waals surface area contributed by atoms with E-state index in [4.69, 9.17) is 4.74 Å². The van der Waals surface area contributed by atoms with Gasteiger partial charge in [-0.1, -0.05) is 12.1 Å². The zero-order valence-electron chi connectivity index (χ0n) is 12.5. The van der Waals surface area contributed by atoms with Gasteiger partial charge in [-0.3, -0.25) is 4.79 Å². The third kappa shape index (κ3) is 3.34. The first-order valence-corrected chi connectivity index (χ1v) is 7.14. The molecule has 116 valence electrons. The first-order valence-electron chi connectivity index (χ1n) is 7.14. The molecule has 0 aliphatic heterocycles. The molecule has 0 atom stereocenters. The van der Waals surface area contributed by atoms with Crippen LogP contribution in [-0.4, -0.2) is 32.7 Å². The van der Waals surface area contributed by atoms with Crippen LogP contribution in [0.25, 0.3) is 5.69 Å². The van der Waals surface area contributed by atoms with Gasteiger partial charge in [0.1, 0.15) is 12.1 Å². The van der Waals surface area contributed by atoms with Crippen LogP contribution in [-0.2, 0) is 0 Å². The number of anilines is 1. The highest BCUT2D eigenvalue weighted by molar-refractivity contribution is 6.05. The number of para-hydroxylation sites is 2. The number of ether oxygens (including phenoxy) is 1. The van der Waals surface area contributed by atoms with Gasteiger partial charge in [-0.15, -0.1) is 5.10 Å². The van der Waals surface area contributed by atoms with E-state index in [9.17, 15) is 4.79 Å². The van der Waals surface area contributed by atoms with Crippen LogP contribution in [0.15, 0.2) is 54.9 Å². The number of aromatic nitrogens is 4. The summed E-state index contributed by atoms with van der Waals surface area (Å²) >= 11 is 0. The van der Waals surface area contributed by atoms with Crippen molar-refractivity contribution >= 4 is 11.6 Å². The molecule has 0 aliphatic carbocycles. The van der Waals surface area contributed by atoms with Gasteiger partial charge in [-0.25, -0.2) is 4.68 Å². The Morgan fingerprint density at radius 1 is 1.17 bits per heavy atom. The van der Waals surface area contributed by atoms with Gasteiger partial charge < -0.3 is 10.1 Å². The van der Waals surface area contributed by atoms with Gasteiger partial charge in [0, 0.05) is 5.56 Å². The third-order valence-electron chi connectivity index (χ3n) is 3.18. The Balaban J connectivity index is 1.76. The lowest BCUT2D eigenvalue weighted by Crippen LogP contribution is -2.13. The van der Waals surface area contributed by atoms with Crippen LogP contribution in [0.3, 0.4) is 0 Å². The minimum Gasteiger partial charge on any atom is -0.492 e. The average molecular weight is 309 g/mol. The van der Waals surface area contributed by atoms with E-state index in [2.05, 4.69) is 20.8 Å². The van der Waals surface area contributed by atoms with Crippen LogP contribution in [0.1, 0.15) is 17.3 Å². The molecule has 0 aliphatic rings. The van der Waals surface area contributed by atoms with Crippen LogP contribution in [0.5, 0.6) is 5.75 Å². The number of rotatable bonds is 5. The number of nitrogens with one attached hydrogen (secondary N) is 1. The molecule has 1 heterocycles. The summed E-state index contributed by atoms with van der Waals surface area (Å²) < 4.78 is 7.02. The molecule has 1 aromatic heterocycles. The molecule has 0 saturated heterocycles. The van der Waals surface area contributed by atoms with Crippen molar-refractivity contribution in [2.45, 2.75) is 6.92 Å². The second-order valence-electron chi connectivity index (χ2n) is 4.68. The molecular weight excluding hydrogens is 294 g/mol. The number of hydrogen-bond acceptors (Lipinski definition) is 5. The fraction of sp³-hybridized carbons (Fsp3) is 0.125. The van der Waals surface area contributed by atoms with Crippen molar-refractivity contribution in [3.63, 3.8) is 0 Å². The van der Waals surface area contributed by atoms with Crippen LogP contribution in [0, 0.1) is 0 Å². The van der Waals surface area contributed by atoms with Gasteiger partial charge in [-0.05, 0) is 53.7 Å². The number of benzene rings is 2. The number of tetrazole rings is 1. The first-order chi connectivity index (χ1) is 11.3. The number of carbonyl (C=O) groups is 1. The molecule has 7 heteroatoms. The lowest BCUT2D eigenvalue weighted by molar-refractivity contribution is 0.102. The SMILES string of the molecule is CCOc1ccccc1NC(=O)c1ccc(-n2cnnn2)cc1. The molecule has 0 fully saturated rings. The predicted octanol–water partition coefficient (Wildman–Crippen LogP) is 2.31. The second kappa shape index (κ2) is 6.69. The van der Waals surface area contributed by atoms with Gasteiger partial charge in [0.15, 0.2) is 0 Å². The maximum absolute atomic E-state index is 12.4. The van der Waals surface area contributed by atoms with E-state index in [1.54, 1.807) is 30.3 Å². The summed E-state index contributed by atoms with van der Waals surface area (Å²) in [7, 11) is 0. The minimum absolute atomic E-state index is 0.208. The summed E-state index contributed by atoms with van der Waals surface area (Å²) in [5, 5.41) is 13.8. The Morgan fingerprint density at radius 3 is 2.65 bits per heavy atom. The Bertz CT molecular complexity index is 784. The molecule has 0 radical (unpaired) electrons. The van der Waals surface area contributed by atoms with E-state index in [0.29, 0.717) is 23.6 Å². The molecule has 23 heavy (non-hydrogen) atoms.